The molecule has 21 heavy (non-hydrogen) atoms. The van der Waals surface area contributed by atoms with Gasteiger partial charge >= 0.3 is 5.69 Å². The molecule has 1 heterocycles. The minimum absolute atomic E-state index is 0.0242. The lowest BCUT2D eigenvalue weighted by molar-refractivity contribution is 0.466. The molecule has 5 nitrogen and oxygen atoms in total. The largest absolute Gasteiger partial charge is 0.508 e. The first-order valence-electron chi connectivity index (χ1n) is 6.16. The Kier molecular flexibility index (Phi) is 3.42. The SMILES string of the molecule is O=c1[nH]c2cc(Br)c(NCc3cc(F)ccc3O)cc2[nH]1. The number of aromatic nitrogens is 2. The third-order valence-corrected chi connectivity index (χ3v) is 3.77. The minimum Gasteiger partial charge on any atom is -0.508 e. The fraction of sp³-hybridized carbons (Fsp3) is 0.0714. The lowest BCUT2D eigenvalue weighted by atomic mass is 10.2. The maximum Gasteiger partial charge on any atom is 0.323 e. The maximum absolute atomic E-state index is 13.2. The number of aromatic amines is 2. The summed E-state index contributed by atoms with van der Waals surface area (Å²) in [5.41, 5.74) is 2.24. The molecule has 0 aliphatic rings. The van der Waals surface area contributed by atoms with Gasteiger partial charge in [0.2, 0.25) is 0 Å². The van der Waals surface area contributed by atoms with Gasteiger partial charge in [0.1, 0.15) is 11.6 Å². The molecule has 0 fully saturated rings. The highest BCUT2D eigenvalue weighted by Crippen LogP contribution is 2.28. The number of phenols is 1. The van der Waals surface area contributed by atoms with E-state index < -0.39 is 5.82 Å². The summed E-state index contributed by atoms with van der Waals surface area (Å²) in [7, 11) is 0. The zero-order valence-electron chi connectivity index (χ0n) is 10.7. The lowest BCUT2D eigenvalue weighted by Crippen LogP contribution is -2.01. The number of rotatable bonds is 3. The Bertz CT molecular complexity index is 872. The van der Waals surface area contributed by atoms with Crippen molar-refractivity contribution >= 4 is 32.7 Å². The van der Waals surface area contributed by atoms with Gasteiger partial charge in [0, 0.05) is 16.6 Å². The highest BCUT2D eigenvalue weighted by atomic mass is 79.9. The molecule has 3 rings (SSSR count). The quantitative estimate of drug-likeness (QED) is 0.585. The fourth-order valence-electron chi connectivity index (χ4n) is 2.08. The molecule has 0 spiro atoms. The van der Waals surface area contributed by atoms with Crippen LogP contribution in [0.2, 0.25) is 0 Å². The molecule has 0 unspecified atom stereocenters. The third-order valence-electron chi connectivity index (χ3n) is 3.11. The van der Waals surface area contributed by atoms with Gasteiger partial charge in [0.25, 0.3) is 0 Å². The molecule has 1 aromatic heterocycles. The van der Waals surface area contributed by atoms with Gasteiger partial charge in [0.15, 0.2) is 0 Å². The molecule has 0 aliphatic carbocycles. The second kappa shape index (κ2) is 5.25. The summed E-state index contributed by atoms with van der Waals surface area (Å²) in [4.78, 5) is 16.6. The summed E-state index contributed by atoms with van der Waals surface area (Å²) in [6.45, 7) is 0.252. The molecule has 2 aromatic carbocycles. The fourth-order valence-corrected chi connectivity index (χ4v) is 2.56. The molecule has 0 amide bonds. The highest BCUT2D eigenvalue weighted by Gasteiger charge is 2.07. The molecule has 0 bridgehead atoms. The van der Waals surface area contributed by atoms with Gasteiger partial charge in [-0.05, 0) is 46.3 Å². The van der Waals surface area contributed by atoms with Crippen LogP contribution < -0.4 is 11.0 Å². The van der Waals surface area contributed by atoms with Gasteiger partial charge in [-0.3, -0.25) is 0 Å². The van der Waals surface area contributed by atoms with Gasteiger partial charge in [0.05, 0.1) is 16.7 Å². The smallest absolute Gasteiger partial charge is 0.323 e. The summed E-state index contributed by atoms with van der Waals surface area (Å²) in [5, 5.41) is 12.8. The van der Waals surface area contributed by atoms with Crippen LogP contribution in [0.1, 0.15) is 5.56 Å². The summed E-state index contributed by atoms with van der Waals surface area (Å²) in [5.74, 6) is -0.384. The average Bonchev–Trinajstić information content (AvgIpc) is 2.78. The molecule has 0 saturated heterocycles. The van der Waals surface area contributed by atoms with Crippen LogP contribution in [0.5, 0.6) is 5.75 Å². The first-order valence-corrected chi connectivity index (χ1v) is 6.95. The van der Waals surface area contributed by atoms with Crippen LogP contribution in [0.15, 0.2) is 39.6 Å². The van der Waals surface area contributed by atoms with Crippen LogP contribution in [0.25, 0.3) is 11.0 Å². The maximum atomic E-state index is 13.2. The van der Waals surface area contributed by atoms with E-state index in [4.69, 9.17) is 0 Å². The van der Waals surface area contributed by atoms with E-state index >= 15 is 0 Å². The third kappa shape index (κ3) is 2.78. The van der Waals surface area contributed by atoms with Crippen molar-refractivity contribution in [3.8, 4) is 5.75 Å². The number of aromatic hydroxyl groups is 1. The van der Waals surface area contributed by atoms with Crippen LogP contribution in [0, 0.1) is 5.82 Å². The molecule has 0 radical (unpaired) electrons. The summed E-state index contributed by atoms with van der Waals surface area (Å²) < 4.78 is 13.9. The van der Waals surface area contributed by atoms with Crippen LogP contribution in [0.3, 0.4) is 0 Å². The van der Waals surface area contributed by atoms with Crippen LogP contribution in [-0.2, 0) is 6.54 Å². The van der Waals surface area contributed by atoms with Gasteiger partial charge in [-0.2, -0.15) is 0 Å². The molecule has 0 saturated carbocycles. The van der Waals surface area contributed by atoms with Gasteiger partial charge in [-0.15, -0.1) is 0 Å². The Labute approximate surface area is 127 Å². The van der Waals surface area contributed by atoms with Crippen molar-refractivity contribution in [2.75, 3.05) is 5.32 Å². The lowest BCUT2D eigenvalue weighted by Gasteiger charge is -2.10. The van der Waals surface area contributed by atoms with E-state index in [-0.39, 0.29) is 18.0 Å². The Morgan fingerprint density at radius 1 is 1.19 bits per heavy atom. The standard InChI is InChI=1S/C14H11BrFN3O2/c15-9-4-11-12(19-14(21)18-11)5-10(9)17-6-7-3-8(16)1-2-13(7)20/h1-5,17,20H,6H2,(H2,18,19,21). The van der Waals surface area contributed by atoms with Crippen molar-refractivity contribution in [2.24, 2.45) is 0 Å². The Morgan fingerprint density at radius 2 is 1.90 bits per heavy atom. The van der Waals surface area contributed by atoms with E-state index in [1.807, 2.05) is 0 Å². The normalized spacial score (nSPS) is 11.0. The number of fused-ring (bicyclic) bond motifs is 1. The first kappa shape index (κ1) is 13.7. The molecule has 4 N–H and O–H groups in total. The van der Waals surface area contributed by atoms with E-state index in [0.717, 1.165) is 10.2 Å². The monoisotopic (exact) mass is 351 g/mol. The van der Waals surface area contributed by atoms with Gasteiger partial charge in [-0.25, -0.2) is 9.18 Å². The predicted molar refractivity (Wildman–Crippen MR) is 82.0 cm³/mol. The predicted octanol–water partition coefficient (Wildman–Crippen LogP) is 3.08. The number of imidazole rings is 1. The van der Waals surface area contributed by atoms with Crippen molar-refractivity contribution in [3.05, 3.63) is 56.7 Å². The molecular formula is C14H11BrFN3O2. The van der Waals surface area contributed by atoms with E-state index in [0.29, 0.717) is 16.6 Å². The number of anilines is 1. The zero-order valence-corrected chi connectivity index (χ0v) is 12.3. The second-order valence-electron chi connectivity index (χ2n) is 4.58. The Morgan fingerprint density at radius 3 is 2.67 bits per heavy atom. The van der Waals surface area contributed by atoms with E-state index in [9.17, 15) is 14.3 Å². The van der Waals surface area contributed by atoms with Crippen molar-refractivity contribution in [1.29, 1.82) is 0 Å². The molecule has 3 aromatic rings. The highest BCUT2D eigenvalue weighted by molar-refractivity contribution is 9.10. The molecule has 108 valence electrons. The van der Waals surface area contributed by atoms with Crippen molar-refractivity contribution < 1.29 is 9.50 Å². The van der Waals surface area contributed by atoms with Gasteiger partial charge in [-0.1, -0.05) is 0 Å². The molecule has 7 heteroatoms. The Hall–Kier alpha value is -2.28. The Balaban J connectivity index is 1.89. The van der Waals surface area contributed by atoms with Gasteiger partial charge < -0.3 is 20.4 Å². The minimum atomic E-state index is -0.408. The molecule has 0 atom stereocenters. The molecular weight excluding hydrogens is 341 g/mol. The van der Waals surface area contributed by atoms with Crippen LogP contribution in [-0.4, -0.2) is 15.1 Å². The summed E-state index contributed by atoms with van der Waals surface area (Å²) in [6, 6.07) is 7.31. The number of phenolic OH excluding ortho intramolecular Hbond substituents is 1. The van der Waals surface area contributed by atoms with E-state index in [1.165, 1.54) is 18.2 Å². The second-order valence-corrected chi connectivity index (χ2v) is 5.44. The average molecular weight is 352 g/mol. The van der Waals surface area contributed by atoms with Crippen molar-refractivity contribution in [1.82, 2.24) is 9.97 Å². The van der Waals surface area contributed by atoms with E-state index in [2.05, 4.69) is 31.2 Å². The topological polar surface area (TPSA) is 80.9 Å². The van der Waals surface area contributed by atoms with Crippen molar-refractivity contribution in [2.45, 2.75) is 6.54 Å². The summed E-state index contributed by atoms with van der Waals surface area (Å²) >= 11 is 3.40. The van der Waals surface area contributed by atoms with E-state index in [1.54, 1.807) is 12.1 Å². The number of benzene rings is 2. The number of hydrogen-bond donors (Lipinski definition) is 4. The number of H-pyrrole nitrogens is 2. The number of halogens is 2. The first-order chi connectivity index (χ1) is 10.0. The zero-order chi connectivity index (χ0) is 15.0. The van der Waals surface area contributed by atoms with Crippen LogP contribution >= 0.6 is 15.9 Å². The summed E-state index contributed by atoms with van der Waals surface area (Å²) in [6.07, 6.45) is 0. The molecule has 0 aliphatic heterocycles. The van der Waals surface area contributed by atoms with Crippen molar-refractivity contribution in [3.63, 3.8) is 0 Å². The number of hydrogen-bond acceptors (Lipinski definition) is 3. The van der Waals surface area contributed by atoms with Crippen LogP contribution in [0.4, 0.5) is 10.1 Å². The number of nitrogens with one attached hydrogen (secondary N) is 3.